The predicted molar refractivity (Wildman–Crippen MR) is 166 cm³/mol. The zero-order chi connectivity index (χ0) is 31.4. The highest BCUT2D eigenvalue weighted by Crippen LogP contribution is 2.36. The van der Waals surface area contributed by atoms with Gasteiger partial charge >= 0.3 is 5.97 Å². The molecule has 228 valence electrons. The molecule has 1 aromatic heterocycles. The summed E-state index contributed by atoms with van der Waals surface area (Å²) in [5.74, 6) is 0.741. The second-order valence-electron chi connectivity index (χ2n) is 10.3. The lowest BCUT2D eigenvalue weighted by Gasteiger charge is -2.25. The number of esters is 1. The first kappa shape index (κ1) is 30.7. The Labute approximate surface area is 258 Å². The highest BCUT2D eigenvalue weighted by Gasteiger charge is 2.34. The Balaban J connectivity index is 1.53. The molecule has 0 saturated carbocycles. The van der Waals surface area contributed by atoms with Gasteiger partial charge in [0.25, 0.3) is 5.56 Å². The van der Waals surface area contributed by atoms with Gasteiger partial charge in [-0.15, -0.1) is 0 Å². The Morgan fingerprint density at radius 3 is 2.52 bits per heavy atom. The number of halogens is 1. The summed E-state index contributed by atoms with van der Waals surface area (Å²) < 4.78 is 38.5. The summed E-state index contributed by atoms with van der Waals surface area (Å²) in [4.78, 5) is 32.3. The summed E-state index contributed by atoms with van der Waals surface area (Å²) in [5, 5.41) is 0. The molecule has 0 amide bonds. The lowest BCUT2D eigenvalue weighted by atomic mass is 9.95. The zero-order valence-corrected chi connectivity index (χ0v) is 25.9. The number of nitrogens with zero attached hydrogens (tertiary/aromatic N) is 2. The van der Waals surface area contributed by atoms with Crippen molar-refractivity contribution in [3.63, 3.8) is 0 Å². The molecule has 1 atom stereocenters. The van der Waals surface area contributed by atoms with Crippen LogP contribution in [0.25, 0.3) is 6.08 Å². The van der Waals surface area contributed by atoms with Crippen LogP contribution in [0.1, 0.15) is 50.4 Å². The molecular weight excluding hydrogens is 583 g/mol. The maximum Gasteiger partial charge on any atom is 0.338 e. The Morgan fingerprint density at radius 2 is 1.84 bits per heavy atom. The van der Waals surface area contributed by atoms with Crippen molar-refractivity contribution in [2.75, 3.05) is 13.7 Å². The Morgan fingerprint density at radius 1 is 1.09 bits per heavy atom. The van der Waals surface area contributed by atoms with E-state index < -0.39 is 12.0 Å². The number of aromatic nitrogens is 1. The Hall–Kier alpha value is -4.70. The van der Waals surface area contributed by atoms with Crippen LogP contribution in [0.2, 0.25) is 0 Å². The maximum absolute atomic E-state index is 14.0. The minimum atomic E-state index is -0.788. The van der Waals surface area contributed by atoms with Crippen LogP contribution in [0.4, 0.5) is 4.39 Å². The van der Waals surface area contributed by atoms with Gasteiger partial charge in [-0.05, 0) is 75.2 Å². The number of hydrogen-bond acceptors (Lipinski definition) is 8. The number of fused-ring (bicyclic) bond motifs is 1. The van der Waals surface area contributed by atoms with Gasteiger partial charge in [0.05, 0.1) is 41.7 Å². The van der Waals surface area contributed by atoms with Crippen molar-refractivity contribution in [3.8, 4) is 17.2 Å². The topological polar surface area (TPSA) is 88.4 Å². The molecule has 0 saturated heterocycles. The third-order valence-electron chi connectivity index (χ3n) is 6.91. The number of thiazole rings is 1. The van der Waals surface area contributed by atoms with E-state index >= 15 is 0 Å². The van der Waals surface area contributed by atoms with Crippen molar-refractivity contribution in [1.82, 2.24) is 4.57 Å². The third kappa shape index (κ3) is 6.45. The molecule has 5 rings (SSSR count). The van der Waals surface area contributed by atoms with E-state index in [0.29, 0.717) is 43.4 Å². The molecule has 0 bridgehead atoms. The summed E-state index contributed by atoms with van der Waals surface area (Å²) in [6.45, 7) is 7.59. The lowest BCUT2D eigenvalue weighted by Crippen LogP contribution is -2.40. The molecule has 0 radical (unpaired) electrons. The van der Waals surface area contributed by atoms with Gasteiger partial charge in [0.1, 0.15) is 18.2 Å². The van der Waals surface area contributed by atoms with E-state index in [4.69, 9.17) is 18.9 Å². The first-order valence-corrected chi connectivity index (χ1v) is 15.0. The van der Waals surface area contributed by atoms with Gasteiger partial charge in [-0.3, -0.25) is 9.36 Å². The van der Waals surface area contributed by atoms with Gasteiger partial charge in [-0.1, -0.05) is 47.7 Å². The van der Waals surface area contributed by atoms with Crippen LogP contribution >= 0.6 is 11.3 Å². The molecule has 0 spiro atoms. The number of ether oxygens (including phenoxy) is 4. The van der Waals surface area contributed by atoms with E-state index in [0.717, 1.165) is 5.56 Å². The number of allylic oxidation sites excluding steroid dienone is 1. The first-order chi connectivity index (χ1) is 21.2. The van der Waals surface area contributed by atoms with Crippen LogP contribution < -0.4 is 29.1 Å². The van der Waals surface area contributed by atoms with E-state index in [1.165, 1.54) is 22.0 Å². The fraction of sp³-hybridized carbons (Fsp3) is 0.265. The molecule has 1 aliphatic heterocycles. The van der Waals surface area contributed by atoms with Gasteiger partial charge < -0.3 is 18.9 Å². The third-order valence-corrected chi connectivity index (χ3v) is 7.90. The molecular formula is C34H33FN2O6S. The van der Waals surface area contributed by atoms with E-state index in [-0.39, 0.29) is 36.3 Å². The van der Waals surface area contributed by atoms with Crippen molar-refractivity contribution in [2.24, 2.45) is 4.99 Å². The minimum Gasteiger partial charge on any atom is -0.493 e. The summed E-state index contributed by atoms with van der Waals surface area (Å²) in [6.07, 6.45) is 1.70. The quantitative estimate of drug-likeness (QED) is 0.225. The lowest BCUT2D eigenvalue weighted by molar-refractivity contribution is -0.139. The highest BCUT2D eigenvalue weighted by molar-refractivity contribution is 7.07. The minimum absolute atomic E-state index is 0.0721. The Kier molecular flexibility index (Phi) is 9.29. The molecule has 8 nitrogen and oxygen atoms in total. The summed E-state index contributed by atoms with van der Waals surface area (Å²) in [6, 6.07) is 18.2. The summed E-state index contributed by atoms with van der Waals surface area (Å²) >= 11 is 1.23. The smallest absolute Gasteiger partial charge is 0.338 e. The van der Waals surface area contributed by atoms with E-state index in [1.54, 1.807) is 69.5 Å². The van der Waals surface area contributed by atoms with Gasteiger partial charge in [0.15, 0.2) is 16.3 Å². The van der Waals surface area contributed by atoms with Crippen molar-refractivity contribution in [2.45, 2.75) is 46.4 Å². The largest absolute Gasteiger partial charge is 0.493 e. The fourth-order valence-electron chi connectivity index (χ4n) is 4.90. The molecule has 1 aliphatic rings. The SMILES string of the molecule is CCOC(=O)C1=C(C)N=c2s/c(=C\c3ccc(OCc4ccccc4F)cc3)c(=O)n2[C@H]1c1ccc(OC(C)C)c(OC)c1. The van der Waals surface area contributed by atoms with Crippen LogP contribution in [0.15, 0.2) is 87.8 Å². The standard InChI is InChI=1S/C34H33FN2O6S/c1-6-41-33(39)30-21(4)36-34-37(31(30)23-13-16-27(43-20(2)3)28(18-23)40-5)32(38)29(44-34)17-22-11-14-25(15-12-22)42-19-24-9-7-8-10-26(24)35/h7-18,20,31H,6,19H2,1-5H3/b29-17-/t31-/m0/s1. The van der Waals surface area contributed by atoms with Crippen molar-refractivity contribution in [1.29, 1.82) is 0 Å². The summed E-state index contributed by atoms with van der Waals surface area (Å²) in [7, 11) is 1.54. The van der Waals surface area contributed by atoms with E-state index in [2.05, 4.69) is 4.99 Å². The van der Waals surface area contributed by atoms with Gasteiger partial charge in [-0.2, -0.15) is 0 Å². The van der Waals surface area contributed by atoms with Crippen LogP contribution in [-0.2, 0) is 16.1 Å². The number of carbonyl (C=O) groups excluding carboxylic acids is 1. The highest BCUT2D eigenvalue weighted by atomic mass is 32.1. The zero-order valence-electron chi connectivity index (χ0n) is 25.1. The molecule has 10 heteroatoms. The average molecular weight is 617 g/mol. The van der Waals surface area contributed by atoms with Gasteiger partial charge in [0.2, 0.25) is 0 Å². The van der Waals surface area contributed by atoms with Crippen LogP contribution in [-0.4, -0.2) is 30.4 Å². The molecule has 0 N–H and O–H groups in total. The molecule has 44 heavy (non-hydrogen) atoms. The molecule has 4 aromatic rings. The van der Waals surface area contributed by atoms with E-state index in [9.17, 15) is 14.0 Å². The number of rotatable bonds is 10. The number of carbonyl (C=O) groups is 1. The van der Waals surface area contributed by atoms with Crippen molar-refractivity contribution >= 4 is 23.4 Å². The molecule has 0 unspecified atom stereocenters. The van der Waals surface area contributed by atoms with Crippen LogP contribution in [0, 0.1) is 5.82 Å². The average Bonchev–Trinajstić information content (AvgIpc) is 3.30. The molecule has 2 heterocycles. The summed E-state index contributed by atoms with van der Waals surface area (Å²) in [5.41, 5.74) is 2.34. The van der Waals surface area contributed by atoms with Crippen molar-refractivity contribution in [3.05, 3.63) is 120 Å². The number of hydrogen-bond donors (Lipinski definition) is 0. The normalized spacial score (nSPS) is 14.7. The second-order valence-corrected chi connectivity index (χ2v) is 11.3. The predicted octanol–water partition coefficient (Wildman–Crippen LogP) is 5.31. The Bertz CT molecular complexity index is 1890. The van der Waals surface area contributed by atoms with Crippen LogP contribution in [0.3, 0.4) is 0 Å². The maximum atomic E-state index is 14.0. The van der Waals surface area contributed by atoms with E-state index in [1.807, 2.05) is 32.0 Å². The van der Waals surface area contributed by atoms with Crippen LogP contribution in [0.5, 0.6) is 17.2 Å². The molecule has 0 fully saturated rings. The molecule has 3 aromatic carbocycles. The fourth-order valence-corrected chi connectivity index (χ4v) is 5.95. The second kappa shape index (κ2) is 13.3. The first-order valence-electron chi connectivity index (χ1n) is 14.2. The number of benzene rings is 3. The number of methoxy groups -OCH3 is 1. The monoisotopic (exact) mass is 616 g/mol. The molecule has 0 aliphatic carbocycles. The van der Waals surface area contributed by atoms with Crippen molar-refractivity contribution < 1.29 is 28.1 Å². The van der Waals surface area contributed by atoms with Gasteiger partial charge in [0, 0.05) is 5.56 Å². The van der Waals surface area contributed by atoms with Gasteiger partial charge in [-0.25, -0.2) is 14.2 Å².